The number of rotatable bonds is 8. The van der Waals surface area contributed by atoms with Crippen LogP contribution in [0.2, 0.25) is 0 Å². The summed E-state index contributed by atoms with van der Waals surface area (Å²) in [5.74, 6) is 0. The topological polar surface area (TPSA) is 287 Å². The summed E-state index contributed by atoms with van der Waals surface area (Å²) in [4.78, 5) is -0.794. The molecule has 0 spiro atoms. The minimum atomic E-state index is -4.69. The van der Waals surface area contributed by atoms with Gasteiger partial charge in [-0.3, -0.25) is 9.11 Å². The molecule has 47 heavy (non-hydrogen) atoms. The van der Waals surface area contributed by atoms with E-state index in [1.165, 1.54) is 42.5 Å². The van der Waals surface area contributed by atoms with Gasteiger partial charge in [-0.05, 0) is 61.5 Å². The average Bonchev–Trinajstić information content (AvgIpc) is 2.99. The van der Waals surface area contributed by atoms with Gasteiger partial charge in [-0.15, -0.1) is 20.5 Å². The van der Waals surface area contributed by atoms with Crippen LogP contribution in [-0.2, 0) is 20.2 Å². The van der Waals surface area contributed by atoms with Crippen molar-refractivity contribution in [3.63, 3.8) is 0 Å². The molecule has 0 saturated carbocycles. The van der Waals surface area contributed by atoms with Gasteiger partial charge in [-0.1, -0.05) is 24.3 Å². The first-order valence-corrected chi connectivity index (χ1v) is 16.2. The van der Waals surface area contributed by atoms with Crippen molar-refractivity contribution in [2.45, 2.75) is 16.7 Å². The van der Waals surface area contributed by atoms with Crippen LogP contribution in [-0.4, -0.2) is 25.9 Å². The molecule has 240 valence electrons. The van der Waals surface area contributed by atoms with Gasteiger partial charge in [0.15, 0.2) is 0 Å². The summed E-state index contributed by atoms with van der Waals surface area (Å²) >= 11 is 0. The van der Waals surface area contributed by atoms with Crippen molar-refractivity contribution in [2.24, 2.45) is 30.7 Å². The number of anilines is 4. The molecule has 10 N–H and O–H groups in total. The number of azo groups is 3. The molecule has 0 amide bonds. The zero-order chi connectivity index (χ0) is 34.1. The molecule has 5 aromatic rings. The maximum Gasteiger partial charge on any atom is 0.295 e. The molecular formula is C29H26N10O6S2. The van der Waals surface area contributed by atoms with E-state index in [1.54, 1.807) is 31.2 Å². The first kappa shape index (κ1) is 32.6. The van der Waals surface area contributed by atoms with E-state index in [0.29, 0.717) is 16.6 Å². The molecule has 0 fully saturated rings. The Bertz CT molecular complexity index is 2380. The predicted molar refractivity (Wildman–Crippen MR) is 178 cm³/mol. The van der Waals surface area contributed by atoms with Crippen molar-refractivity contribution < 1.29 is 25.9 Å². The van der Waals surface area contributed by atoms with Crippen LogP contribution in [0.15, 0.2) is 119 Å². The van der Waals surface area contributed by atoms with Gasteiger partial charge in [0.2, 0.25) is 0 Å². The maximum absolute atomic E-state index is 12.0. The van der Waals surface area contributed by atoms with Crippen LogP contribution >= 0.6 is 0 Å². The summed E-state index contributed by atoms with van der Waals surface area (Å²) in [6, 6.07) is 18.6. The lowest BCUT2D eigenvalue weighted by Crippen LogP contribution is -1.98. The molecule has 0 bridgehead atoms. The second-order valence-corrected chi connectivity index (χ2v) is 12.9. The molecule has 0 aliphatic carbocycles. The number of hydrogen-bond acceptors (Lipinski definition) is 14. The van der Waals surface area contributed by atoms with Crippen LogP contribution in [0, 0.1) is 6.92 Å². The van der Waals surface area contributed by atoms with Crippen molar-refractivity contribution in [3.8, 4) is 0 Å². The quantitative estimate of drug-likeness (QED) is 0.0545. The van der Waals surface area contributed by atoms with E-state index in [4.69, 9.17) is 22.9 Å². The Balaban J connectivity index is 1.52. The van der Waals surface area contributed by atoms with Gasteiger partial charge in [0.1, 0.15) is 22.0 Å². The highest BCUT2D eigenvalue weighted by Gasteiger charge is 2.17. The Morgan fingerprint density at radius 3 is 1.55 bits per heavy atom. The van der Waals surface area contributed by atoms with E-state index >= 15 is 0 Å². The molecule has 0 saturated heterocycles. The number of hydrogen-bond donors (Lipinski definition) is 6. The molecule has 0 aliphatic rings. The Kier molecular flexibility index (Phi) is 8.68. The Morgan fingerprint density at radius 1 is 0.511 bits per heavy atom. The lowest BCUT2D eigenvalue weighted by molar-refractivity contribution is 0.481. The first-order chi connectivity index (χ1) is 22.1. The van der Waals surface area contributed by atoms with Crippen LogP contribution in [0.1, 0.15) is 5.56 Å². The second-order valence-electron chi connectivity index (χ2n) is 10.1. The zero-order valence-corrected chi connectivity index (χ0v) is 26.0. The highest BCUT2D eigenvalue weighted by atomic mass is 32.2. The normalized spacial score (nSPS) is 12.6. The first-order valence-electron chi connectivity index (χ1n) is 13.3. The number of nitrogens with two attached hydrogens (primary N) is 4. The van der Waals surface area contributed by atoms with Crippen molar-refractivity contribution in [1.29, 1.82) is 0 Å². The van der Waals surface area contributed by atoms with E-state index in [-0.39, 0.29) is 61.5 Å². The summed E-state index contributed by atoms with van der Waals surface area (Å²) < 4.78 is 67.1. The number of fused-ring (bicyclic) bond motifs is 1. The van der Waals surface area contributed by atoms with Crippen molar-refractivity contribution in [3.05, 3.63) is 84.4 Å². The summed E-state index contributed by atoms with van der Waals surface area (Å²) in [5.41, 5.74) is 26.0. The van der Waals surface area contributed by atoms with Crippen LogP contribution in [0.25, 0.3) is 10.8 Å². The van der Waals surface area contributed by atoms with Crippen molar-refractivity contribution >= 4 is 87.9 Å². The van der Waals surface area contributed by atoms with Gasteiger partial charge >= 0.3 is 0 Å². The van der Waals surface area contributed by atoms with Gasteiger partial charge in [0, 0.05) is 22.0 Å². The smallest absolute Gasteiger partial charge is 0.295 e. The number of nitrogens with zero attached hydrogens (tertiary/aromatic N) is 6. The molecule has 5 rings (SSSR count). The molecule has 0 radical (unpaired) electrons. The molecule has 0 heterocycles. The van der Waals surface area contributed by atoms with Gasteiger partial charge < -0.3 is 22.9 Å². The van der Waals surface area contributed by atoms with Gasteiger partial charge in [-0.25, -0.2) is 0 Å². The average molecular weight is 675 g/mol. The van der Waals surface area contributed by atoms with Crippen LogP contribution in [0.3, 0.4) is 0 Å². The molecule has 0 aromatic heterocycles. The highest BCUT2D eigenvalue weighted by Crippen LogP contribution is 2.39. The van der Waals surface area contributed by atoms with E-state index < -0.39 is 25.1 Å². The summed E-state index contributed by atoms with van der Waals surface area (Å²) in [7, 11) is -9.18. The molecular weight excluding hydrogens is 649 g/mol. The second kappa shape index (κ2) is 12.5. The lowest BCUT2D eigenvalue weighted by Gasteiger charge is -2.08. The fourth-order valence-corrected chi connectivity index (χ4v) is 5.57. The van der Waals surface area contributed by atoms with Gasteiger partial charge in [-0.2, -0.15) is 27.1 Å². The standard InChI is InChI=1S/C29H26N10O6S2/c1-15-25(36-35-24-7-6-16(30)10-20(24)31)11-17(46(40,41)42)12-26(15)37-39-28-14-27(21(32)13-22(28)33)38-34-23-8-9-29(47(43,44)45)19-5-3-2-4-18(19)23/h2-14H,30-33H2,1H3,(H,40,41,42)(H,43,44,45). The van der Waals surface area contributed by atoms with Crippen LogP contribution in [0.4, 0.5) is 56.9 Å². The fourth-order valence-electron chi connectivity index (χ4n) is 4.36. The van der Waals surface area contributed by atoms with Crippen molar-refractivity contribution in [2.75, 3.05) is 22.9 Å². The third kappa shape index (κ3) is 7.20. The Morgan fingerprint density at radius 2 is 1.00 bits per heavy atom. The van der Waals surface area contributed by atoms with Crippen LogP contribution < -0.4 is 22.9 Å². The third-order valence-electron chi connectivity index (χ3n) is 6.79. The predicted octanol–water partition coefficient (Wildman–Crippen LogP) is 7.22. The maximum atomic E-state index is 12.0. The molecule has 0 unspecified atom stereocenters. The summed E-state index contributed by atoms with van der Waals surface area (Å²) in [6.45, 7) is 1.59. The molecule has 16 nitrogen and oxygen atoms in total. The lowest BCUT2D eigenvalue weighted by atomic mass is 10.1. The third-order valence-corrected chi connectivity index (χ3v) is 8.53. The summed E-state index contributed by atoms with van der Waals surface area (Å²) in [6.07, 6.45) is 0. The van der Waals surface area contributed by atoms with E-state index in [1.807, 2.05) is 0 Å². The SMILES string of the molecule is Cc1c(N=Nc2ccc(N)cc2N)cc(S(=O)(=O)O)cc1N=Nc1cc(N=Nc2ccc(S(=O)(=O)O)c3ccccc23)c(N)cc1N. The highest BCUT2D eigenvalue weighted by molar-refractivity contribution is 7.86. The molecule has 0 atom stereocenters. The van der Waals surface area contributed by atoms with Crippen LogP contribution in [0.5, 0.6) is 0 Å². The largest absolute Gasteiger partial charge is 0.399 e. The van der Waals surface area contributed by atoms with E-state index in [9.17, 15) is 25.9 Å². The van der Waals surface area contributed by atoms with E-state index in [0.717, 1.165) is 12.1 Å². The molecule has 0 aliphatic heterocycles. The number of benzene rings is 5. The van der Waals surface area contributed by atoms with Gasteiger partial charge in [0.25, 0.3) is 20.2 Å². The molecule has 5 aromatic carbocycles. The zero-order valence-electron chi connectivity index (χ0n) is 24.3. The Labute approximate surface area is 268 Å². The molecule has 18 heteroatoms. The minimum absolute atomic E-state index is 0.0177. The van der Waals surface area contributed by atoms with Crippen molar-refractivity contribution in [1.82, 2.24) is 0 Å². The minimum Gasteiger partial charge on any atom is -0.399 e. The summed E-state index contributed by atoms with van der Waals surface area (Å²) in [5, 5.41) is 25.5. The monoisotopic (exact) mass is 674 g/mol. The van der Waals surface area contributed by atoms with E-state index in [2.05, 4.69) is 30.7 Å². The van der Waals surface area contributed by atoms with Gasteiger partial charge in [0.05, 0.1) is 39.0 Å². The fraction of sp³-hybridized carbons (Fsp3) is 0.0345. The Hall–Kier alpha value is -5.82. The number of nitrogen functional groups attached to an aromatic ring is 4.